The molecule has 3 amide bonds. The molecule has 0 radical (unpaired) electrons. The van der Waals surface area contributed by atoms with E-state index in [-0.39, 0.29) is 18.4 Å². The van der Waals surface area contributed by atoms with Crippen molar-refractivity contribution in [2.24, 2.45) is 10.8 Å². The number of hydrogen-bond donors (Lipinski definition) is 2. The van der Waals surface area contributed by atoms with E-state index >= 15 is 0 Å². The van der Waals surface area contributed by atoms with E-state index in [2.05, 4.69) is 5.32 Å². The Morgan fingerprint density at radius 1 is 0.889 bits per heavy atom. The molecule has 0 aromatic heterocycles. The molecule has 2 heterocycles. The number of nitrogens with one attached hydrogen (secondary N) is 1. The van der Waals surface area contributed by atoms with Gasteiger partial charge in [-0.15, -0.1) is 0 Å². The fraction of sp³-hybridized carbons (Fsp3) is 0.571. The number of nitrogen functional groups attached to an aromatic ring is 1. The molecule has 2 aliphatic heterocycles. The largest absolute Gasteiger partial charge is 0.398 e. The molecular weight excluding hydrogens is 342 g/mol. The minimum atomic E-state index is -1.19. The lowest BCUT2D eigenvalue weighted by molar-refractivity contribution is -0.168. The van der Waals surface area contributed by atoms with Crippen molar-refractivity contribution in [2.45, 2.75) is 67.5 Å². The summed E-state index contributed by atoms with van der Waals surface area (Å²) in [5.41, 5.74) is 8.37. The number of carbonyl (C=O) groups is 3. The molecule has 1 aromatic rings. The van der Waals surface area contributed by atoms with Gasteiger partial charge in [-0.1, -0.05) is 27.7 Å². The Morgan fingerprint density at radius 3 is 2.00 bits per heavy atom. The Hall–Kier alpha value is -2.37. The van der Waals surface area contributed by atoms with Gasteiger partial charge >= 0.3 is 0 Å². The number of anilines is 1. The maximum atomic E-state index is 13.5. The summed E-state index contributed by atoms with van der Waals surface area (Å²) in [5, 5.41) is 2.49. The molecular formula is C21H29N3O3. The molecule has 1 saturated heterocycles. The summed E-state index contributed by atoms with van der Waals surface area (Å²) < 4.78 is 0. The minimum absolute atomic E-state index is 0.201. The third-order valence-electron chi connectivity index (χ3n) is 7.86. The van der Waals surface area contributed by atoms with Gasteiger partial charge in [-0.25, -0.2) is 0 Å². The summed E-state index contributed by atoms with van der Waals surface area (Å²) >= 11 is 0. The summed E-state index contributed by atoms with van der Waals surface area (Å²) in [5.74, 6) is -0.961. The van der Waals surface area contributed by atoms with Gasteiger partial charge in [-0.3, -0.25) is 19.7 Å². The van der Waals surface area contributed by atoms with Crippen LogP contribution in [0.25, 0.3) is 0 Å². The Labute approximate surface area is 160 Å². The number of rotatable bonds is 1. The van der Waals surface area contributed by atoms with Crippen molar-refractivity contribution in [1.29, 1.82) is 0 Å². The van der Waals surface area contributed by atoms with E-state index in [1.807, 2.05) is 48.5 Å². The molecule has 3 rings (SSSR count). The number of amides is 3. The SMILES string of the molecule is Cc1c(C)c(N)c2c(c1C)C(=O)N(C1(C)C(=O)NC(=O)C(C)(C)C1(C)C)C2. The number of nitrogens with two attached hydrogens (primary N) is 1. The quantitative estimate of drug-likeness (QED) is 0.586. The Morgan fingerprint density at radius 2 is 1.44 bits per heavy atom. The first-order valence-electron chi connectivity index (χ1n) is 9.27. The third kappa shape index (κ3) is 2.04. The second-order valence-corrected chi connectivity index (χ2v) is 9.14. The predicted molar refractivity (Wildman–Crippen MR) is 104 cm³/mol. The number of carbonyl (C=O) groups excluding carboxylic acids is 3. The van der Waals surface area contributed by atoms with Crippen molar-refractivity contribution in [3.05, 3.63) is 27.8 Å². The molecule has 0 bridgehead atoms. The zero-order chi connectivity index (χ0) is 20.7. The van der Waals surface area contributed by atoms with Gasteiger partial charge < -0.3 is 10.6 Å². The molecule has 1 aromatic carbocycles. The van der Waals surface area contributed by atoms with Crippen molar-refractivity contribution in [2.75, 3.05) is 5.73 Å². The normalized spacial score (nSPS) is 26.2. The highest BCUT2D eigenvalue weighted by Gasteiger charge is 2.66. The summed E-state index contributed by atoms with van der Waals surface area (Å²) in [6.45, 7) is 15.2. The highest BCUT2D eigenvalue weighted by molar-refractivity contribution is 6.10. The monoisotopic (exact) mass is 371 g/mol. The lowest BCUT2D eigenvalue weighted by atomic mass is 9.54. The molecule has 6 nitrogen and oxygen atoms in total. The van der Waals surface area contributed by atoms with Gasteiger partial charge in [0.15, 0.2) is 0 Å². The van der Waals surface area contributed by atoms with Crippen molar-refractivity contribution in [1.82, 2.24) is 10.2 Å². The van der Waals surface area contributed by atoms with Crippen LogP contribution in [0.5, 0.6) is 0 Å². The summed E-state index contributed by atoms with van der Waals surface area (Å²) in [4.78, 5) is 40.6. The average Bonchev–Trinajstić information content (AvgIpc) is 2.93. The number of hydrogen-bond acceptors (Lipinski definition) is 4. The Balaban J connectivity index is 2.22. The maximum absolute atomic E-state index is 13.5. The molecule has 27 heavy (non-hydrogen) atoms. The fourth-order valence-electron chi connectivity index (χ4n) is 4.46. The van der Waals surface area contributed by atoms with Crippen LogP contribution in [0.15, 0.2) is 0 Å². The van der Waals surface area contributed by atoms with Crippen LogP contribution in [-0.4, -0.2) is 28.2 Å². The van der Waals surface area contributed by atoms with Crippen molar-refractivity contribution < 1.29 is 14.4 Å². The van der Waals surface area contributed by atoms with Crippen LogP contribution in [-0.2, 0) is 16.1 Å². The molecule has 3 N–H and O–H groups in total. The van der Waals surface area contributed by atoms with E-state index < -0.39 is 22.3 Å². The van der Waals surface area contributed by atoms with Crippen LogP contribution >= 0.6 is 0 Å². The molecule has 1 unspecified atom stereocenters. The zero-order valence-corrected chi connectivity index (χ0v) is 17.5. The average molecular weight is 371 g/mol. The number of nitrogens with zero attached hydrogens (tertiary/aromatic N) is 1. The van der Waals surface area contributed by atoms with Crippen LogP contribution in [0.3, 0.4) is 0 Å². The molecule has 1 fully saturated rings. The van der Waals surface area contributed by atoms with Gasteiger partial charge in [-0.2, -0.15) is 0 Å². The van der Waals surface area contributed by atoms with Crippen molar-refractivity contribution >= 4 is 23.4 Å². The number of benzene rings is 1. The van der Waals surface area contributed by atoms with Gasteiger partial charge in [0.2, 0.25) is 5.91 Å². The molecule has 2 aliphatic rings. The summed E-state index contributed by atoms with van der Waals surface area (Å²) in [6, 6.07) is 0. The Bertz CT molecular complexity index is 914. The Kier molecular flexibility index (Phi) is 3.83. The van der Waals surface area contributed by atoms with Crippen molar-refractivity contribution in [3.63, 3.8) is 0 Å². The lowest BCUT2D eigenvalue weighted by Crippen LogP contribution is -2.75. The number of fused-ring (bicyclic) bond motifs is 1. The summed E-state index contributed by atoms with van der Waals surface area (Å²) in [7, 11) is 0. The van der Waals surface area contributed by atoms with E-state index in [0.29, 0.717) is 11.3 Å². The summed E-state index contributed by atoms with van der Waals surface area (Å²) in [6.07, 6.45) is 0. The van der Waals surface area contributed by atoms with Crippen LogP contribution in [0.2, 0.25) is 0 Å². The fourth-order valence-corrected chi connectivity index (χ4v) is 4.46. The number of imide groups is 1. The van der Waals surface area contributed by atoms with E-state index in [1.165, 1.54) is 0 Å². The smallest absolute Gasteiger partial charge is 0.255 e. The molecule has 0 aliphatic carbocycles. The minimum Gasteiger partial charge on any atom is -0.398 e. The van der Waals surface area contributed by atoms with Crippen LogP contribution < -0.4 is 11.1 Å². The van der Waals surface area contributed by atoms with Gasteiger partial charge in [0.05, 0.1) is 5.41 Å². The first-order chi connectivity index (χ1) is 12.2. The number of piperidine rings is 1. The van der Waals surface area contributed by atoms with E-state index in [1.54, 1.807) is 11.8 Å². The molecule has 0 saturated carbocycles. The molecule has 0 spiro atoms. The van der Waals surface area contributed by atoms with Gasteiger partial charge in [0.1, 0.15) is 5.54 Å². The highest BCUT2D eigenvalue weighted by Crippen LogP contribution is 2.54. The molecule has 6 heteroatoms. The first-order valence-corrected chi connectivity index (χ1v) is 9.27. The second kappa shape index (κ2) is 5.33. The van der Waals surface area contributed by atoms with Gasteiger partial charge in [0, 0.05) is 28.8 Å². The van der Waals surface area contributed by atoms with Crippen LogP contribution in [0.4, 0.5) is 5.69 Å². The second-order valence-electron chi connectivity index (χ2n) is 9.14. The molecule has 146 valence electrons. The maximum Gasteiger partial charge on any atom is 0.255 e. The highest BCUT2D eigenvalue weighted by atomic mass is 16.2. The molecule has 1 atom stereocenters. The van der Waals surface area contributed by atoms with Gasteiger partial charge in [-0.05, 0) is 44.4 Å². The van der Waals surface area contributed by atoms with E-state index in [9.17, 15) is 14.4 Å². The third-order valence-corrected chi connectivity index (χ3v) is 7.86. The zero-order valence-electron chi connectivity index (χ0n) is 17.5. The van der Waals surface area contributed by atoms with Crippen LogP contribution in [0.1, 0.15) is 67.2 Å². The van der Waals surface area contributed by atoms with E-state index in [0.717, 1.165) is 22.3 Å². The standard InChI is InChI=1S/C21H29N3O3/c1-10-11(2)14-13(15(22)12(10)3)9-24(16(14)25)21(8)18(27)23-17(26)19(4,5)20(21,6)7/h9,22H2,1-8H3,(H,23,26,27). The van der Waals surface area contributed by atoms with Crippen molar-refractivity contribution in [3.8, 4) is 0 Å². The first kappa shape index (κ1) is 19.4. The van der Waals surface area contributed by atoms with E-state index in [4.69, 9.17) is 5.73 Å². The topological polar surface area (TPSA) is 92.5 Å². The lowest BCUT2D eigenvalue weighted by Gasteiger charge is -2.57. The van der Waals surface area contributed by atoms with Gasteiger partial charge in [0.25, 0.3) is 11.8 Å². The predicted octanol–water partition coefficient (Wildman–Crippen LogP) is 2.62. The van der Waals surface area contributed by atoms with Crippen LogP contribution in [0, 0.1) is 31.6 Å².